The zero-order chi connectivity index (χ0) is 14.1. The van der Waals surface area contributed by atoms with Crippen molar-refractivity contribution in [2.45, 2.75) is 6.92 Å². The molecular formula is C16H12BrNOS. The van der Waals surface area contributed by atoms with Crippen molar-refractivity contribution >= 4 is 48.9 Å². The number of amides is 1. The molecular weight excluding hydrogens is 334 g/mol. The van der Waals surface area contributed by atoms with Gasteiger partial charge in [0, 0.05) is 20.2 Å². The minimum absolute atomic E-state index is 0.0799. The number of fused-ring (bicyclic) bond motifs is 1. The van der Waals surface area contributed by atoms with Gasteiger partial charge in [0.25, 0.3) is 5.91 Å². The molecule has 0 radical (unpaired) electrons. The molecule has 3 aromatic rings. The number of nitrogens with one attached hydrogen (secondary N) is 1. The monoisotopic (exact) mass is 345 g/mol. The second kappa shape index (κ2) is 5.38. The molecule has 0 atom stereocenters. The Bertz CT molecular complexity index is 794. The van der Waals surface area contributed by atoms with Crippen molar-refractivity contribution in [2.24, 2.45) is 0 Å². The number of aryl methyl sites for hydroxylation is 1. The minimum Gasteiger partial charge on any atom is -0.321 e. The van der Waals surface area contributed by atoms with E-state index in [0.717, 1.165) is 25.8 Å². The summed E-state index contributed by atoms with van der Waals surface area (Å²) < 4.78 is 1.97. The normalized spacial score (nSPS) is 10.7. The second-order valence-corrected chi connectivity index (χ2v) is 6.41. The van der Waals surface area contributed by atoms with E-state index in [2.05, 4.69) is 21.2 Å². The molecule has 0 aliphatic heterocycles. The molecule has 0 unspecified atom stereocenters. The molecule has 0 fully saturated rings. The lowest BCUT2D eigenvalue weighted by molar-refractivity contribution is 0.103. The summed E-state index contributed by atoms with van der Waals surface area (Å²) in [6.07, 6.45) is 0. The number of rotatable bonds is 2. The number of anilines is 1. The third kappa shape index (κ3) is 2.49. The fourth-order valence-corrected chi connectivity index (χ4v) is 3.96. The molecule has 0 aliphatic rings. The van der Waals surface area contributed by atoms with Crippen LogP contribution in [0.5, 0.6) is 0 Å². The molecule has 20 heavy (non-hydrogen) atoms. The van der Waals surface area contributed by atoms with Crippen molar-refractivity contribution in [3.05, 3.63) is 63.4 Å². The Morgan fingerprint density at radius 3 is 2.70 bits per heavy atom. The van der Waals surface area contributed by atoms with E-state index in [-0.39, 0.29) is 5.91 Å². The highest BCUT2D eigenvalue weighted by molar-refractivity contribution is 9.10. The average molecular weight is 346 g/mol. The van der Waals surface area contributed by atoms with Crippen LogP contribution in [0.1, 0.15) is 15.2 Å². The van der Waals surface area contributed by atoms with Crippen LogP contribution in [-0.4, -0.2) is 5.91 Å². The summed E-state index contributed by atoms with van der Waals surface area (Å²) in [5.41, 5.74) is 1.94. The summed E-state index contributed by atoms with van der Waals surface area (Å²) >= 11 is 5.03. The summed E-state index contributed by atoms with van der Waals surface area (Å²) in [6, 6.07) is 15.8. The number of carbonyl (C=O) groups is 1. The van der Waals surface area contributed by atoms with Crippen LogP contribution in [0.4, 0.5) is 5.69 Å². The number of benzene rings is 2. The number of hydrogen-bond acceptors (Lipinski definition) is 2. The molecule has 2 nitrogen and oxygen atoms in total. The van der Waals surface area contributed by atoms with E-state index in [1.54, 1.807) is 0 Å². The Balaban J connectivity index is 1.95. The smallest absolute Gasteiger partial charge is 0.266 e. The molecule has 0 saturated carbocycles. The van der Waals surface area contributed by atoms with Crippen molar-refractivity contribution in [1.29, 1.82) is 0 Å². The third-order valence-electron chi connectivity index (χ3n) is 3.02. The molecule has 1 amide bonds. The van der Waals surface area contributed by atoms with Crippen molar-refractivity contribution in [1.82, 2.24) is 0 Å². The van der Waals surface area contributed by atoms with Crippen LogP contribution in [0.15, 0.2) is 53.0 Å². The third-order valence-corrected chi connectivity index (χ3v) is 5.27. The van der Waals surface area contributed by atoms with E-state index >= 15 is 0 Å². The fraction of sp³-hybridized carbons (Fsp3) is 0.0625. The van der Waals surface area contributed by atoms with Gasteiger partial charge in [-0.25, -0.2) is 0 Å². The van der Waals surface area contributed by atoms with Crippen LogP contribution in [0.3, 0.4) is 0 Å². The highest BCUT2D eigenvalue weighted by atomic mass is 79.9. The van der Waals surface area contributed by atoms with Gasteiger partial charge in [-0.2, -0.15) is 0 Å². The highest BCUT2D eigenvalue weighted by Gasteiger charge is 2.16. The van der Waals surface area contributed by atoms with E-state index < -0.39 is 0 Å². The SMILES string of the molecule is Cc1cccc(NC(=O)c2sc3ccccc3c2Br)c1. The van der Waals surface area contributed by atoms with Gasteiger partial charge in [-0.3, -0.25) is 4.79 Å². The molecule has 1 heterocycles. The number of carbonyl (C=O) groups excluding carboxylic acids is 1. The second-order valence-electron chi connectivity index (χ2n) is 4.56. The predicted octanol–water partition coefficient (Wildman–Crippen LogP) is 5.22. The van der Waals surface area contributed by atoms with Crippen LogP contribution in [-0.2, 0) is 0 Å². The van der Waals surface area contributed by atoms with Crippen LogP contribution in [0, 0.1) is 6.92 Å². The van der Waals surface area contributed by atoms with Gasteiger partial charge in [0.05, 0.1) is 0 Å². The van der Waals surface area contributed by atoms with Crippen molar-refractivity contribution in [3.8, 4) is 0 Å². The zero-order valence-electron chi connectivity index (χ0n) is 10.8. The molecule has 1 N–H and O–H groups in total. The molecule has 4 heteroatoms. The van der Waals surface area contributed by atoms with Crippen molar-refractivity contribution in [2.75, 3.05) is 5.32 Å². The van der Waals surface area contributed by atoms with E-state index in [9.17, 15) is 4.79 Å². The summed E-state index contributed by atoms with van der Waals surface area (Å²) in [4.78, 5) is 13.1. The van der Waals surface area contributed by atoms with Crippen LogP contribution >= 0.6 is 27.3 Å². The molecule has 0 bridgehead atoms. The lowest BCUT2D eigenvalue weighted by atomic mass is 10.2. The maximum Gasteiger partial charge on any atom is 0.266 e. The Hall–Kier alpha value is -1.65. The average Bonchev–Trinajstić information content (AvgIpc) is 2.77. The summed E-state index contributed by atoms with van der Waals surface area (Å²) in [5.74, 6) is -0.0799. The topological polar surface area (TPSA) is 29.1 Å². The van der Waals surface area contributed by atoms with Crippen molar-refractivity contribution in [3.63, 3.8) is 0 Å². The molecule has 3 rings (SSSR count). The molecule has 2 aromatic carbocycles. The highest BCUT2D eigenvalue weighted by Crippen LogP contribution is 2.35. The Morgan fingerprint density at radius 1 is 1.15 bits per heavy atom. The van der Waals surface area contributed by atoms with Crippen LogP contribution < -0.4 is 5.32 Å². The fourth-order valence-electron chi connectivity index (χ4n) is 2.07. The van der Waals surface area contributed by atoms with Gasteiger partial charge in [-0.1, -0.05) is 30.3 Å². The Kier molecular flexibility index (Phi) is 3.59. The van der Waals surface area contributed by atoms with Crippen LogP contribution in [0.25, 0.3) is 10.1 Å². The predicted molar refractivity (Wildman–Crippen MR) is 88.7 cm³/mol. The Labute approximate surface area is 129 Å². The van der Waals surface area contributed by atoms with Gasteiger partial charge in [0.15, 0.2) is 0 Å². The van der Waals surface area contributed by atoms with E-state index in [1.165, 1.54) is 11.3 Å². The first-order valence-electron chi connectivity index (χ1n) is 6.20. The number of halogens is 1. The molecule has 0 saturated heterocycles. The van der Waals surface area contributed by atoms with Gasteiger partial charge in [-0.05, 0) is 46.6 Å². The molecule has 100 valence electrons. The summed E-state index contributed by atoms with van der Waals surface area (Å²) in [7, 11) is 0. The summed E-state index contributed by atoms with van der Waals surface area (Å²) in [6.45, 7) is 2.00. The largest absolute Gasteiger partial charge is 0.321 e. The number of thiophene rings is 1. The Morgan fingerprint density at radius 2 is 1.95 bits per heavy atom. The maximum atomic E-state index is 12.4. The van der Waals surface area contributed by atoms with E-state index in [1.807, 2.05) is 55.5 Å². The maximum absolute atomic E-state index is 12.4. The van der Waals surface area contributed by atoms with E-state index in [4.69, 9.17) is 0 Å². The van der Waals surface area contributed by atoms with Gasteiger partial charge in [-0.15, -0.1) is 11.3 Å². The molecule has 0 spiro atoms. The lowest BCUT2D eigenvalue weighted by Crippen LogP contribution is -2.10. The quantitative estimate of drug-likeness (QED) is 0.677. The lowest BCUT2D eigenvalue weighted by Gasteiger charge is -2.04. The summed E-state index contributed by atoms with van der Waals surface area (Å²) in [5, 5.41) is 4.02. The first-order valence-corrected chi connectivity index (χ1v) is 7.81. The molecule has 0 aliphatic carbocycles. The number of hydrogen-bond donors (Lipinski definition) is 1. The van der Waals surface area contributed by atoms with Crippen molar-refractivity contribution < 1.29 is 4.79 Å². The molecule has 1 aromatic heterocycles. The minimum atomic E-state index is -0.0799. The van der Waals surface area contributed by atoms with Gasteiger partial charge in [0.2, 0.25) is 0 Å². The standard InChI is InChI=1S/C16H12BrNOS/c1-10-5-4-6-11(9-10)18-16(19)15-14(17)12-7-2-3-8-13(12)20-15/h2-9H,1H3,(H,18,19). The first kappa shape index (κ1) is 13.3. The van der Waals surface area contributed by atoms with Crippen LogP contribution in [0.2, 0.25) is 0 Å². The van der Waals surface area contributed by atoms with E-state index in [0.29, 0.717) is 4.88 Å². The zero-order valence-corrected chi connectivity index (χ0v) is 13.2. The van der Waals surface area contributed by atoms with Gasteiger partial charge < -0.3 is 5.32 Å². The first-order chi connectivity index (χ1) is 9.65. The van der Waals surface area contributed by atoms with Gasteiger partial charge >= 0.3 is 0 Å². The van der Waals surface area contributed by atoms with Gasteiger partial charge in [0.1, 0.15) is 4.88 Å².